The van der Waals surface area contributed by atoms with E-state index < -0.39 is 34.9 Å². The molecule has 0 aliphatic carbocycles. The number of pyridine rings is 1. The lowest BCUT2D eigenvalue weighted by Crippen LogP contribution is -2.42. The molecular weight excluding hydrogens is 587 g/mol. The van der Waals surface area contributed by atoms with Crippen LogP contribution in [0.3, 0.4) is 0 Å². The monoisotopic (exact) mass is 629 g/mol. The fourth-order valence-corrected chi connectivity index (χ4v) is 6.84. The quantitative estimate of drug-likeness (QED) is 0.240. The number of fused-ring (bicyclic) bond motifs is 1. The molecule has 244 valence electrons. The lowest BCUT2D eigenvalue weighted by atomic mass is 9.71. The molecule has 2 N–H and O–H groups in total. The molecule has 11 heteroatoms. The van der Waals surface area contributed by atoms with Crippen molar-refractivity contribution < 1.29 is 37.7 Å². The van der Waals surface area contributed by atoms with Gasteiger partial charge in [-0.2, -0.15) is 0 Å². The van der Waals surface area contributed by atoms with Crippen LogP contribution in [-0.4, -0.2) is 84.0 Å². The first-order valence-corrected chi connectivity index (χ1v) is 15.7. The van der Waals surface area contributed by atoms with Crippen molar-refractivity contribution in [2.24, 2.45) is 5.41 Å². The van der Waals surface area contributed by atoms with Crippen molar-refractivity contribution in [1.29, 1.82) is 0 Å². The second-order valence-electron chi connectivity index (χ2n) is 12.4. The van der Waals surface area contributed by atoms with Crippen LogP contribution in [0, 0.1) is 22.9 Å². The molecule has 0 saturated carbocycles. The van der Waals surface area contributed by atoms with E-state index in [1.54, 1.807) is 7.11 Å². The number of carbonyl (C=O) groups is 1. The van der Waals surface area contributed by atoms with Gasteiger partial charge in [-0.3, -0.25) is 14.7 Å². The number of carboxylic acids is 1. The number of aliphatic hydroxyl groups excluding tert-OH is 1. The summed E-state index contributed by atoms with van der Waals surface area (Å²) < 4.78 is 52.2. The number of morpholine rings is 1. The lowest BCUT2D eigenvalue weighted by Gasteiger charge is -2.42. The van der Waals surface area contributed by atoms with E-state index in [0.717, 1.165) is 41.2 Å². The number of hydrogen-bond acceptors (Lipinski definition) is 7. The number of methoxy groups -OCH3 is 1. The van der Waals surface area contributed by atoms with Crippen molar-refractivity contribution in [2.75, 3.05) is 53.0 Å². The van der Waals surface area contributed by atoms with Gasteiger partial charge >= 0.3 is 5.97 Å². The smallest absolute Gasteiger partial charge is 0.303 e. The van der Waals surface area contributed by atoms with Crippen LogP contribution in [0.15, 0.2) is 36.5 Å². The molecule has 8 nitrogen and oxygen atoms in total. The minimum Gasteiger partial charge on any atom is -0.497 e. The van der Waals surface area contributed by atoms with Crippen molar-refractivity contribution in [1.82, 2.24) is 14.8 Å². The van der Waals surface area contributed by atoms with Crippen molar-refractivity contribution in [3.63, 3.8) is 0 Å². The van der Waals surface area contributed by atoms with Crippen molar-refractivity contribution in [3.05, 3.63) is 70.7 Å². The number of likely N-dealkylation sites (tertiary alicyclic amines) is 1. The van der Waals surface area contributed by atoms with Gasteiger partial charge in [0.1, 0.15) is 11.6 Å². The van der Waals surface area contributed by atoms with E-state index in [-0.39, 0.29) is 18.4 Å². The zero-order valence-electron chi connectivity index (χ0n) is 25.7. The molecule has 2 aliphatic heterocycles. The molecule has 0 bridgehead atoms. The number of piperidine rings is 1. The molecule has 0 unspecified atom stereocenters. The van der Waals surface area contributed by atoms with Crippen LogP contribution in [0.5, 0.6) is 5.75 Å². The van der Waals surface area contributed by atoms with E-state index in [1.807, 2.05) is 24.4 Å². The Morgan fingerprint density at radius 2 is 1.82 bits per heavy atom. The number of halogens is 3. The predicted octanol–water partition coefficient (Wildman–Crippen LogP) is 5.50. The molecule has 0 radical (unpaired) electrons. The van der Waals surface area contributed by atoms with Crippen LogP contribution in [0.2, 0.25) is 0 Å². The van der Waals surface area contributed by atoms with Crippen LogP contribution < -0.4 is 4.74 Å². The van der Waals surface area contributed by atoms with Crippen LogP contribution in [0.4, 0.5) is 13.2 Å². The van der Waals surface area contributed by atoms with E-state index in [4.69, 9.17) is 9.47 Å². The maximum atomic E-state index is 14.1. The van der Waals surface area contributed by atoms with Crippen LogP contribution in [0.25, 0.3) is 10.9 Å². The third-order valence-corrected chi connectivity index (χ3v) is 9.41. The summed E-state index contributed by atoms with van der Waals surface area (Å²) in [6.07, 6.45) is 3.95. The molecule has 3 aromatic rings. The predicted molar refractivity (Wildman–Crippen MR) is 164 cm³/mol. The minimum absolute atomic E-state index is 0.00684. The van der Waals surface area contributed by atoms with Gasteiger partial charge in [0.05, 0.1) is 38.4 Å². The molecule has 1 atom stereocenters. The topological polar surface area (TPSA) is 95.4 Å². The summed E-state index contributed by atoms with van der Waals surface area (Å²) in [5.74, 6) is -3.19. The summed E-state index contributed by atoms with van der Waals surface area (Å²) in [6, 6.07) is 7.20. The second kappa shape index (κ2) is 14.9. The van der Waals surface area contributed by atoms with Gasteiger partial charge in [-0.1, -0.05) is 0 Å². The van der Waals surface area contributed by atoms with E-state index >= 15 is 0 Å². The van der Waals surface area contributed by atoms with Gasteiger partial charge in [-0.15, -0.1) is 0 Å². The molecule has 5 rings (SSSR count). The molecule has 2 saturated heterocycles. The summed E-state index contributed by atoms with van der Waals surface area (Å²) >= 11 is 0. The van der Waals surface area contributed by atoms with Crippen LogP contribution in [0.1, 0.15) is 61.3 Å². The number of aliphatic hydroxyl groups is 1. The molecule has 45 heavy (non-hydrogen) atoms. The van der Waals surface area contributed by atoms with Gasteiger partial charge in [-0.05, 0) is 105 Å². The standard InChI is InChI=1S/C34H42F3N3O5/c1-44-26-4-5-29-27(19-26)32(24(21-38-29)22-40-13-15-45-16-14-40)30(41)6-7-34(20-31(42)43)8-11-39(12-9-34)10-2-3-23-17-25(35)18-28(36)33(23)37/h4-5,17-19,21,30,41H,2-3,6-16,20,22H2,1H3,(H,42,43)/t30-/m0/s1. The summed E-state index contributed by atoms with van der Waals surface area (Å²) in [6.45, 7) is 5.43. The first kappa shape index (κ1) is 33.1. The zero-order valence-corrected chi connectivity index (χ0v) is 25.7. The highest BCUT2D eigenvalue weighted by atomic mass is 19.2. The summed E-state index contributed by atoms with van der Waals surface area (Å²) in [7, 11) is 1.60. The van der Waals surface area contributed by atoms with E-state index in [2.05, 4.69) is 14.8 Å². The van der Waals surface area contributed by atoms with Crippen LogP contribution in [-0.2, 0) is 22.5 Å². The van der Waals surface area contributed by atoms with Gasteiger partial charge in [0.25, 0.3) is 0 Å². The molecule has 2 fully saturated rings. The van der Waals surface area contributed by atoms with Crippen molar-refractivity contribution in [3.8, 4) is 5.75 Å². The normalized spacial score (nSPS) is 18.2. The SMILES string of the molecule is COc1ccc2ncc(CN3CCOCC3)c([C@@H](O)CCC3(CC(=O)O)CCN(CCCc4cc(F)cc(F)c4F)CC3)c2c1. The van der Waals surface area contributed by atoms with E-state index in [9.17, 15) is 28.2 Å². The first-order chi connectivity index (χ1) is 21.7. The van der Waals surface area contributed by atoms with Gasteiger partial charge in [0.15, 0.2) is 11.6 Å². The van der Waals surface area contributed by atoms with E-state index in [0.29, 0.717) is 83.3 Å². The van der Waals surface area contributed by atoms with Gasteiger partial charge in [-0.25, -0.2) is 13.2 Å². The zero-order chi connectivity index (χ0) is 32.0. The van der Waals surface area contributed by atoms with Gasteiger partial charge in [0.2, 0.25) is 0 Å². The Labute approximate surface area is 261 Å². The highest BCUT2D eigenvalue weighted by Gasteiger charge is 2.37. The Morgan fingerprint density at radius 1 is 1.07 bits per heavy atom. The third kappa shape index (κ3) is 8.32. The van der Waals surface area contributed by atoms with Gasteiger partial charge < -0.3 is 24.6 Å². The number of benzene rings is 2. The Bertz CT molecular complexity index is 1480. The second-order valence-corrected chi connectivity index (χ2v) is 12.4. The maximum Gasteiger partial charge on any atom is 0.303 e. The summed E-state index contributed by atoms with van der Waals surface area (Å²) in [5, 5.41) is 22.4. The van der Waals surface area contributed by atoms with Crippen molar-refractivity contribution in [2.45, 2.75) is 57.6 Å². The fraction of sp³-hybridized carbons (Fsp3) is 0.529. The molecule has 0 spiro atoms. The Kier molecular flexibility index (Phi) is 11.0. The minimum atomic E-state index is -1.18. The first-order valence-electron chi connectivity index (χ1n) is 15.7. The van der Waals surface area contributed by atoms with Crippen LogP contribution >= 0.6 is 0 Å². The largest absolute Gasteiger partial charge is 0.497 e. The Morgan fingerprint density at radius 3 is 2.53 bits per heavy atom. The van der Waals surface area contributed by atoms with E-state index in [1.165, 1.54) is 0 Å². The molecular formula is C34H42F3N3O5. The number of aryl methyl sites for hydroxylation is 1. The highest BCUT2D eigenvalue weighted by molar-refractivity contribution is 5.85. The number of ether oxygens (including phenoxy) is 2. The molecule has 2 aromatic carbocycles. The highest BCUT2D eigenvalue weighted by Crippen LogP contribution is 2.42. The molecule has 1 aromatic heterocycles. The average Bonchev–Trinajstić information content (AvgIpc) is 3.03. The number of rotatable bonds is 13. The molecule has 0 amide bonds. The number of aliphatic carboxylic acids is 1. The van der Waals surface area contributed by atoms with Gasteiger partial charge in [0, 0.05) is 37.3 Å². The number of nitrogens with zero attached hydrogens (tertiary/aromatic N) is 3. The molecule has 2 aliphatic rings. The lowest BCUT2D eigenvalue weighted by molar-refractivity contribution is -0.141. The number of hydrogen-bond donors (Lipinski definition) is 2. The summed E-state index contributed by atoms with van der Waals surface area (Å²) in [5.41, 5.74) is 2.03. The summed E-state index contributed by atoms with van der Waals surface area (Å²) in [4.78, 5) is 21.1. The molecule has 3 heterocycles. The number of carboxylic acid groups (broad SMARTS) is 1. The fourth-order valence-electron chi connectivity index (χ4n) is 6.84. The Hall–Kier alpha value is -3.25. The van der Waals surface area contributed by atoms with Crippen molar-refractivity contribution >= 4 is 16.9 Å². The number of aromatic nitrogens is 1. The Balaban J connectivity index is 1.27. The maximum absolute atomic E-state index is 14.1. The average molecular weight is 630 g/mol. The third-order valence-electron chi connectivity index (χ3n) is 9.41.